The predicted molar refractivity (Wildman–Crippen MR) is 242 cm³/mol. The van der Waals surface area contributed by atoms with Gasteiger partial charge in [-0.15, -0.1) is 0 Å². The molecule has 1 atom stereocenters. The van der Waals surface area contributed by atoms with Crippen molar-refractivity contribution < 1.29 is 38.0 Å². The summed E-state index contributed by atoms with van der Waals surface area (Å²) in [5.74, 6) is 0.00378. The number of alkyl halides is 1. The van der Waals surface area contributed by atoms with Crippen molar-refractivity contribution in [3.8, 4) is 57.6 Å². The van der Waals surface area contributed by atoms with Crippen molar-refractivity contribution in [2.45, 2.75) is 64.6 Å². The maximum Gasteiger partial charge on any atom is 0.303 e. The molecule has 3 aromatic carbocycles. The van der Waals surface area contributed by atoms with E-state index in [1.165, 1.54) is 0 Å². The summed E-state index contributed by atoms with van der Waals surface area (Å²) >= 11 is 6.28. The van der Waals surface area contributed by atoms with Gasteiger partial charge in [-0.25, -0.2) is 9.37 Å². The van der Waals surface area contributed by atoms with Crippen LogP contribution in [-0.4, -0.2) is 82.8 Å². The number of hydrogen-bond acceptors (Lipinski definition) is 14. The number of carbonyl (C=O) groups is 2. The Morgan fingerprint density at radius 2 is 1.45 bits per heavy atom. The zero-order valence-electron chi connectivity index (χ0n) is 35.7. The number of benzene rings is 3. The van der Waals surface area contributed by atoms with Crippen LogP contribution in [0.2, 0.25) is 5.02 Å². The number of aliphatic carboxylic acids is 2. The van der Waals surface area contributed by atoms with Crippen molar-refractivity contribution in [3.63, 3.8) is 0 Å². The average Bonchev–Trinajstić information content (AvgIpc) is 4.11. The summed E-state index contributed by atoms with van der Waals surface area (Å²) in [5, 5.41) is 39.7. The van der Waals surface area contributed by atoms with Crippen LogP contribution in [0.4, 0.5) is 10.1 Å². The molecule has 1 aliphatic heterocycles. The number of aryl methyl sites for hydroxylation is 2. The number of carboxylic acids is 2. The number of fused-ring (bicyclic) bond motifs is 2. The van der Waals surface area contributed by atoms with Gasteiger partial charge in [-0.1, -0.05) is 58.3 Å². The van der Waals surface area contributed by atoms with Gasteiger partial charge in [0.1, 0.15) is 17.3 Å². The molecule has 6 heterocycles. The molecule has 9 rings (SSSR count). The molecular formula is C48H41ClFN9O7. The molecule has 0 saturated carbocycles. The minimum absolute atomic E-state index is 0.0106. The summed E-state index contributed by atoms with van der Waals surface area (Å²) in [6.07, 6.45) is 5.95. The SMILES string of the molecule is CC(C)Oc1ncc(-c2nc(-c3cccc4c(CCCC(=O)O)nccc34)no2)cc1Cl.N#Cc1cc(-c2nc(-c3cccc4c(CCC(=O)O)nccc34)no2)ccc1N1CCC(F)C1. The van der Waals surface area contributed by atoms with Gasteiger partial charge in [0.2, 0.25) is 17.5 Å². The maximum absolute atomic E-state index is 13.6. The van der Waals surface area contributed by atoms with Crippen LogP contribution in [0.15, 0.2) is 100 Å². The van der Waals surface area contributed by atoms with Crippen LogP contribution in [0.3, 0.4) is 0 Å². The number of nitrogens with zero attached hydrogens (tertiary/aromatic N) is 9. The molecule has 1 unspecified atom stereocenters. The van der Waals surface area contributed by atoms with Crippen LogP contribution >= 0.6 is 11.6 Å². The topological polar surface area (TPSA) is 227 Å². The smallest absolute Gasteiger partial charge is 0.303 e. The maximum atomic E-state index is 13.6. The lowest BCUT2D eigenvalue weighted by Gasteiger charge is -2.19. The lowest BCUT2D eigenvalue weighted by atomic mass is 10.0. The summed E-state index contributed by atoms with van der Waals surface area (Å²) in [6, 6.07) is 24.2. The second kappa shape index (κ2) is 19.9. The Hall–Kier alpha value is -7.84. The number of halogens is 2. The Labute approximate surface area is 381 Å². The normalized spacial score (nSPS) is 13.5. The monoisotopic (exact) mass is 909 g/mol. The Bertz CT molecular complexity index is 3120. The van der Waals surface area contributed by atoms with E-state index in [0.717, 1.165) is 38.4 Å². The molecule has 0 aliphatic carbocycles. The first-order chi connectivity index (χ1) is 31.9. The Morgan fingerprint density at radius 3 is 2.02 bits per heavy atom. The lowest BCUT2D eigenvalue weighted by molar-refractivity contribution is -0.138. The average molecular weight is 910 g/mol. The predicted octanol–water partition coefficient (Wildman–Crippen LogP) is 9.58. The molecule has 16 nitrogen and oxygen atoms in total. The van der Waals surface area contributed by atoms with Crippen molar-refractivity contribution in [2.75, 3.05) is 18.0 Å². The first kappa shape index (κ1) is 44.8. The van der Waals surface area contributed by atoms with Gasteiger partial charge < -0.3 is 28.9 Å². The third-order valence-electron chi connectivity index (χ3n) is 10.7. The van der Waals surface area contributed by atoms with Crippen molar-refractivity contribution in [1.29, 1.82) is 5.26 Å². The van der Waals surface area contributed by atoms with Gasteiger partial charge in [0.15, 0.2) is 0 Å². The molecule has 8 aromatic rings. The zero-order chi connectivity index (χ0) is 46.3. The number of ether oxygens (including phenoxy) is 1. The number of aromatic nitrogens is 7. The lowest BCUT2D eigenvalue weighted by Crippen LogP contribution is -2.20. The van der Waals surface area contributed by atoms with Crippen LogP contribution in [0.5, 0.6) is 5.88 Å². The molecule has 0 radical (unpaired) electrons. The van der Waals surface area contributed by atoms with Gasteiger partial charge in [0.25, 0.3) is 11.8 Å². The van der Waals surface area contributed by atoms with Crippen molar-refractivity contribution in [3.05, 3.63) is 113 Å². The Kier molecular flexibility index (Phi) is 13.5. The van der Waals surface area contributed by atoms with Crippen LogP contribution in [0.25, 0.3) is 67.2 Å². The van der Waals surface area contributed by atoms with Crippen LogP contribution < -0.4 is 9.64 Å². The Morgan fingerprint density at radius 1 is 0.833 bits per heavy atom. The first-order valence-corrected chi connectivity index (χ1v) is 21.4. The summed E-state index contributed by atoms with van der Waals surface area (Å²) in [4.78, 5) is 45.8. The fourth-order valence-electron chi connectivity index (χ4n) is 7.68. The molecule has 0 bridgehead atoms. The molecule has 334 valence electrons. The summed E-state index contributed by atoms with van der Waals surface area (Å²) in [7, 11) is 0. The largest absolute Gasteiger partial charge is 0.481 e. The second-order valence-electron chi connectivity index (χ2n) is 15.7. The third kappa shape index (κ3) is 10.1. The van der Waals surface area contributed by atoms with Crippen molar-refractivity contribution >= 4 is 50.8 Å². The van der Waals surface area contributed by atoms with Gasteiger partial charge in [-0.2, -0.15) is 15.2 Å². The number of hydrogen-bond donors (Lipinski definition) is 2. The molecule has 66 heavy (non-hydrogen) atoms. The fraction of sp³-hybridized carbons (Fsp3) is 0.250. The summed E-state index contributed by atoms with van der Waals surface area (Å²) in [6.45, 7) is 4.65. The molecule has 1 fully saturated rings. The molecule has 2 N–H and O–H groups in total. The van der Waals surface area contributed by atoms with E-state index in [4.69, 9.17) is 35.6 Å². The van der Waals surface area contributed by atoms with Crippen molar-refractivity contribution in [1.82, 2.24) is 35.2 Å². The molecule has 18 heteroatoms. The Balaban J connectivity index is 0.000000180. The highest BCUT2D eigenvalue weighted by atomic mass is 35.5. The number of anilines is 1. The van der Waals surface area contributed by atoms with E-state index < -0.39 is 18.1 Å². The van der Waals surface area contributed by atoms with E-state index in [2.05, 4.69) is 41.3 Å². The van der Waals surface area contributed by atoms with E-state index >= 15 is 0 Å². The molecule has 1 aliphatic rings. The molecular weight excluding hydrogens is 869 g/mol. The van der Waals surface area contributed by atoms with E-state index in [1.807, 2.05) is 67.3 Å². The number of rotatable bonds is 14. The molecule has 0 spiro atoms. The first-order valence-electron chi connectivity index (χ1n) is 21.1. The van der Waals surface area contributed by atoms with E-state index in [9.17, 15) is 19.2 Å². The van der Waals surface area contributed by atoms with Crippen LogP contribution in [0.1, 0.15) is 56.5 Å². The van der Waals surface area contributed by atoms with Gasteiger partial charge in [-0.05, 0) is 80.3 Å². The number of pyridine rings is 3. The highest BCUT2D eigenvalue weighted by Gasteiger charge is 2.25. The summed E-state index contributed by atoms with van der Waals surface area (Å²) < 4.78 is 30.2. The third-order valence-corrected chi connectivity index (χ3v) is 11.0. The standard InChI is InChI=1S/C25H20FN5O3.C23H21ClN4O4/c26-17-9-11-31(14-17)22-6-4-15(12-16(22)13-27)25-29-24(30-34-25)20-3-1-2-19-18(20)8-10-28-21(19)5-7-23(32)33;1-13(2)31-23-18(24)11-14(12-26-23)22-27-21(28-32-22)17-6-3-5-16-15(17)9-10-25-19(16)7-4-8-20(29)30/h1-4,6,8,10,12,17H,5,7,9,11,14H2,(H,32,33);3,5-6,9-13H,4,7-8H2,1-2H3,(H,29,30). The minimum atomic E-state index is -0.884. The van der Waals surface area contributed by atoms with E-state index in [0.29, 0.717) is 88.7 Å². The number of carboxylic acid groups (broad SMARTS) is 2. The minimum Gasteiger partial charge on any atom is -0.481 e. The number of nitriles is 1. The van der Waals surface area contributed by atoms with E-state index in [-0.39, 0.29) is 31.4 Å². The zero-order valence-corrected chi connectivity index (χ0v) is 36.4. The van der Waals surface area contributed by atoms with Gasteiger partial charge in [0, 0.05) is 83.4 Å². The quantitative estimate of drug-likeness (QED) is 0.103. The van der Waals surface area contributed by atoms with Gasteiger partial charge in [-0.3, -0.25) is 19.6 Å². The van der Waals surface area contributed by atoms with Gasteiger partial charge >= 0.3 is 11.9 Å². The molecule has 5 aromatic heterocycles. The fourth-order valence-corrected chi connectivity index (χ4v) is 7.89. The highest BCUT2D eigenvalue weighted by molar-refractivity contribution is 6.32. The van der Waals surface area contributed by atoms with E-state index in [1.54, 1.807) is 42.9 Å². The van der Waals surface area contributed by atoms with Crippen molar-refractivity contribution in [2.24, 2.45) is 0 Å². The van der Waals surface area contributed by atoms with Crippen LogP contribution in [0, 0.1) is 11.3 Å². The summed E-state index contributed by atoms with van der Waals surface area (Å²) in [5.41, 5.74) is 5.35. The van der Waals surface area contributed by atoms with Gasteiger partial charge in [0.05, 0.1) is 29.3 Å². The van der Waals surface area contributed by atoms with Crippen LogP contribution in [-0.2, 0) is 22.4 Å². The second-order valence-corrected chi connectivity index (χ2v) is 16.1. The molecule has 1 saturated heterocycles. The molecule has 0 amide bonds. The highest BCUT2D eigenvalue weighted by Crippen LogP contribution is 2.35.